The van der Waals surface area contributed by atoms with Crippen LogP contribution in [-0.2, 0) is 0 Å². The molecule has 1 fully saturated rings. The minimum Gasteiger partial charge on any atom is -0.262 e. The van der Waals surface area contributed by atoms with Crippen LogP contribution in [-0.4, -0.2) is 15.2 Å². The predicted octanol–water partition coefficient (Wildman–Crippen LogP) is 3.80. The summed E-state index contributed by atoms with van der Waals surface area (Å²) in [6.07, 6.45) is 1.17. The molecule has 0 aliphatic heterocycles. The number of nitrogens with one attached hydrogen (secondary N) is 1. The summed E-state index contributed by atoms with van der Waals surface area (Å²) in [4.78, 5) is 5.76. The Morgan fingerprint density at radius 3 is 2.74 bits per heavy atom. The van der Waals surface area contributed by atoms with Crippen molar-refractivity contribution in [1.82, 2.24) is 15.2 Å². The molecule has 2 aromatic heterocycles. The van der Waals surface area contributed by atoms with Crippen LogP contribution < -0.4 is 0 Å². The lowest BCUT2D eigenvalue weighted by Crippen LogP contribution is -1.86. The van der Waals surface area contributed by atoms with Gasteiger partial charge in [0, 0.05) is 5.92 Å². The average molecular weight is 267 g/mol. The number of rotatable bonds is 3. The first-order valence-corrected chi connectivity index (χ1v) is 7.31. The second kappa shape index (κ2) is 4.31. The van der Waals surface area contributed by atoms with Gasteiger partial charge in [-0.2, -0.15) is 5.10 Å². The highest BCUT2D eigenvalue weighted by atomic mass is 32.1. The number of aromatic amines is 1. The largest absolute Gasteiger partial charge is 0.262 e. The summed E-state index contributed by atoms with van der Waals surface area (Å²) in [6, 6.07) is 14.7. The lowest BCUT2D eigenvalue weighted by molar-refractivity contribution is 0.902. The lowest BCUT2D eigenvalue weighted by atomic mass is 10.1. The Morgan fingerprint density at radius 1 is 1.05 bits per heavy atom. The number of H-pyrrole nitrogens is 1. The average Bonchev–Trinajstić information content (AvgIpc) is 2.90. The van der Waals surface area contributed by atoms with Crippen molar-refractivity contribution >= 4 is 11.3 Å². The molecule has 3 aromatic rings. The summed E-state index contributed by atoms with van der Waals surface area (Å²) in [5, 5.41) is 9.47. The Labute approximate surface area is 115 Å². The highest BCUT2D eigenvalue weighted by Gasteiger charge is 2.41. The van der Waals surface area contributed by atoms with Crippen molar-refractivity contribution in [3.63, 3.8) is 0 Å². The second-order valence-electron chi connectivity index (χ2n) is 4.88. The van der Waals surface area contributed by atoms with Crippen molar-refractivity contribution in [2.75, 3.05) is 0 Å². The van der Waals surface area contributed by atoms with Gasteiger partial charge >= 0.3 is 0 Å². The minimum atomic E-state index is 0.503. The Bertz CT molecular complexity index is 673. The van der Waals surface area contributed by atoms with Crippen LogP contribution in [0.5, 0.6) is 0 Å². The van der Waals surface area contributed by atoms with E-state index in [1.807, 2.05) is 6.07 Å². The van der Waals surface area contributed by atoms with Crippen molar-refractivity contribution in [3.05, 3.63) is 59.2 Å². The van der Waals surface area contributed by atoms with Crippen LogP contribution in [0.15, 0.2) is 47.8 Å². The molecule has 3 nitrogen and oxygen atoms in total. The smallest absolute Gasteiger partial charge is 0.191 e. The maximum Gasteiger partial charge on any atom is 0.191 e. The molecule has 4 heteroatoms. The molecule has 4 rings (SSSR count). The fourth-order valence-electron chi connectivity index (χ4n) is 2.52. The molecule has 0 bridgehead atoms. The van der Waals surface area contributed by atoms with E-state index in [9.17, 15) is 0 Å². The molecule has 1 aliphatic rings. The van der Waals surface area contributed by atoms with Gasteiger partial charge in [-0.1, -0.05) is 36.4 Å². The molecule has 0 saturated heterocycles. The number of hydrogen-bond donors (Lipinski definition) is 1. The summed E-state index contributed by atoms with van der Waals surface area (Å²) in [5.74, 6) is 2.95. The summed E-state index contributed by atoms with van der Waals surface area (Å²) >= 11 is 1.67. The molecular formula is C15H13N3S. The molecular weight excluding hydrogens is 254 g/mol. The fourth-order valence-corrected chi connectivity index (χ4v) is 3.18. The monoisotopic (exact) mass is 267 g/mol. The number of nitrogens with zero attached hydrogens (tertiary/aromatic N) is 2. The molecule has 2 unspecified atom stereocenters. The van der Waals surface area contributed by atoms with Gasteiger partial charge in [0.05, 0.1) is 4.88 Å². The van der Waals surface area contributed by atoms with Gasteiger partial charge in [-0.05, 0) is 29.3 Å². The highest BCUT2D eigenvalue weighted by Crippen LogP contribution is 2.53. The maximum atomic E-state index is 4.63. The first-order chi connectivity index (χ1) is 9.42. The number of aromatic nitrogens is 3. The third-order valence-electron chi connectivity index (χ3n) is 3.61. The van der Waals surface area contributed by atoms with Crippen LogP contribution in [0.1, 0.15) is 29.6 Å². The van der Waals surface area contributed by atoms with Crippen molar-refractivity contribution in [1.29, 1.82) is 0 Å². The van der Waals surface area contributed by atoms with Crippen molar-refractivity contribution in [3.8, 4) is 10.7 Å². The molecule has 94 valence electrons. The van der Waals surface area contributed by atoms with Crippen LogP contribution in [0.3, 0.4) is 0 Å². The van der Waals surface area contributed by atoms with Crippen LogP contribution in [0.2, 0.25) is 0 Å². The Kier molecular flexibility index (Phi) is 2.48. The quantitative estimate of drug-likeness (QED) is 0.784. The summed E-state index contributed by atoms with van der Waals surface area (Å²) in [6.45, 7) is 0. The third-order valence-corrected chi connectivity index (χ3v) is 4.48. The number of hydrogen-bond acceptors (Lipinski definition) is 3. The highest BCUT2D eigenvalue weighted by molar-refractivity contribution is 7.13. The van der Waals surface area contributed by atoms with Crippen molar-refractivity contribution in [2.45, 2.75) is 18.3 Å². The zero-order chi connectivity index (χ0) is 12.7. The van der Waals surface area contributed by atoms with E-state index in [4.69, 9.17) is 0 Å². The van der Waals surface area contributed by atoms with E-state index in [1.54, 1.807) is 11.3 Å². The van der Waals surface area contributed by atoms with Crippen molar-refractivity contribution < 1.29 is 0 Å². The molecule has 1 saturated carbocycles. The zero-order valence-electron chi connectivity index (χ0n) is 10.3. The van der Waals surface area contributed by atoms with Crippen LogP contribution >= 0.6 is 11.3 Å². The SMILES string of the molecule is c1ccc(C2CC2c2nc(-c3cccs3)n[nH]2)cc1. The van der Waals surface area contributed by atoms with E-state index in [2.05, 4.69) is 57.0 Å². The predicted molar refractivity (Wildman–Crippen MR) is 76.2 cm³/mol. The first kappa shape index (κ1) is 10.9. The molecule has 2 heterocycles. The number of thiophene rings is 1. The molecule has 1 aliphatic carbocycles. The lowest BCUT2D eigenvalue weighted by Gasteiger charge is -1.97. The summed E-state index contributed by atoms with van der Waals surface area (Å²) in [5.41, 5.74) is 1.40. The van der Waals surface area contributed by atoms with Crippen LogP contribution in [0.25, 0.3) is 10.7 Å². The van der Waals surface area contributed by atoms with Crippen LogP contribution in [0, 0.1) is 0 Å². The maximum absolute atomic E-state index is 4.63. The van der Waals surface area contributed by atoms with Gasteiger partial charge in [-0.25, -0.2) is 4.98 Å². The minimum absolute atomic E-state index is 0.503. The van der Waals surface area contributed by atoms with E-state index >= 15 is 0 Å². The van der Waals surface area contributed by atoms with Crippen LogP contribution in [0.4, 0.5) is 0 Å². The van der Waals surface area contributed by atoms with Gasteiger partial charge in [0.25, 0.3) is 0 Å². The molecule has 0 radical (unpaired) electrons. The number of benzene rings is 1. The van der Waals surface area contributed by atoms with Gasteiger partial charge < -0.3 is 0 Å². The second-order valence-corrected chi connectivity index (χ2v) is 5.83. The van der Waals surface area contributed by atoms with E-state index in [0.717, 1.165) is 16.5 Å². The Hall–Kier alpha value is -1.94. The normalized spacial score (nSPS) is 21.5. The standard InChI is InChI=1S/C15H13N3S/c1-2-5-10(6-3-1)11-9-12(11)14-16-15(18-17-14)13-7-4-8-19-13/h1-8,11-12H,9H2,(H,16,17,18). The van der Waals surface area contributed by atoms with Crippen molar-refractivity contribution in [2.24, 2.45) is 0 Å². The molecule has 0 spiro atoms. The molecule has 0 amide bonds. The third kappa shape index (κ3) is 1.98. The fraction of sp³-hybridized carbons (Fsp3) is 0.200. The first-order valence-electron chi connectivity index (χ1n) is 6.43. The topological polar surface area (TPSA) is 41.6 Å². The summed E-state index contributed by atoms with van der Waals surface area (Å²) in [7, 11) is 0. The Balaban J connectivity index is 1.56. The van der Waals surface area contributed by atoms with Gasteiger partial charge in [0.15, 0.2) is 5.82 Å². The van der Waals surface area contributed by atoms with E-state index in [1.165, 1.54) is 12.0 Å². The van der Waals surface area contributed by atoms with Gasteiger partial charge in [-0.15, -0.1) is 11.3 Å². The zero-order valence-corrected chi connectivity index (χ0v) is 11.1. The van der Waals surface area contributed by atoms with Gasteiger partial charge in [-0.3, -0.25) is 5.10 Å². The molecule has 1 N–H and O–H groups in total. The van der Waals surface area contributed by atoms with Gasteiger partial charge in [0.2, 0.25) is 0 Å². The molecule has 1 aromatic carbocycles. The molecule has 2 atom stereocenters. The van der Waals surface area contributed by atoms with E-state index < -0.39 is 0 Å². The Morgan fingerprint density at radius 2 is 1.95 bits per heavy atom. The van der Waals surface area contributed by atoms with E-state index in [-0.39, 0.29) is 0 Å². The molecule has 19 heavy (non-hydrogen) atoms. The van der Waals surface area contributed by atoms with Gasteiger partial charge in [0.1, 0.15) is 5.82 Å². The van der Waals surface area contributed by atoms with E-state index in [0.29, 0.717) is 11.8 Å². The summed E-state index contributed by atoms with van der Waals surface area (Å²) < 4.78 is 0.